The van der Waals surface area contributed by atoms with E-state index in [0.717, 1.165) is 32.0 Å². The van der Waals surface area contributed by atoms with E-state index in [1.54, 1.807) is 11.3 Å². The van der Waals surface area contributed by atoms with Crippen LogP contribution in [0.25, 0.3) is 10.1 Å². The quantitative estimate of drug-likeness (QED) is 0.714. The van der Waals surface area contributed by atoms with E-state index in [2.05, 4.69) is 0 Å². The van der Waals surface area contributed by atoms with Gasteiger partial charge in [0.15, 0.2) is 5.78 Å². The van der Waals surface area contributed by atoms with Crippen LogP contribution in [0.4, 0.5) is 0 Å². The largest absolute Gasteiger partial charge is 0.293 e. The standard InChI is InChI=1S/C13H13ClOS/c1-3-4-11(15)13-8(2)10-7-9(14)5-6-12(10)16-13/h5-7H,3-4H2,1-2H3. The van der Waals surface area contributed by atoms with E-state index in [1.807, 2.05) is 32.0 Å². The molecule has 1 aromatic heterocycles. The lowest BCUT2D eigenvalue weighted by Gasteiger charge is -1.96. The number of ketones is 1. The molecule has 0 unspecified atom stereocenters. The van der Waals surface area contributed by atoms with Gasteiger partial charge >= 0.3 is 0 Å². The van der Waals surface area contributed by atoms with Crippen molar-refractivity contribution >= 4 is 38.8 Å². The van der Waals surface area contributed by atoms with Crippen molar-refractivity contribution in [3.8, 4) is 0 Å². The van der Waals surface area contributed by atoms with Gasteiger partial charge in [-0.25, -0.2) is 0 Å². The molecule has 1 heterocycles. The van der Waals surface area contributed by atoms with Gasteiger partial charge in [0.2, 0.25) is 0 Å². The molecule has 2 rings (SSSR count). The topological polar surface area (TPSA) is 17.1 Å². The van der Waals surface area contributed by atoms with Crippen LogP contribution in [0.2, 0.25) is 5.02 Å². The SMILES string of the molecule is CCCC(=O)c1sc2ccc(Cl)cc2c1C. The molecule has 0 spiro atoms. The van der Waals surface area contributed by atoms with Gasteiger partial charge in [0, 0.05) is 16.1 Å². The second-order valence-corrected chi connectivity index (χ2v) is 5.36. The number of benzene rings is 1. The molecule has 0 saturated heterocycles. The maximum Gasteiger partial charge on any atom is 0.173 e. The summed E-state index contributed by atoms with van der Waals surface area (Å²) in [5, 5.41) is 1.83. The van der Waals surface area contributed by atoms with E-state index in [0.29, 0.717) is 6.42 Å². The van der Waals surface area contributed by atoms with Crippen molar-refractivity contribution in [2.45, 2.75) is 26.7 Å². The number of aryl methyl sites for hydroxylation is 1. The van der Waals surface area contributed by atoms with E-state index in [-0.39, 0.29) is 5.78 Å². The van der Waals surface area contributed by atoms with Crippen molar-refractivity contribution in [3.63, 3.8) is 0 Å². The molecule has 0 atom stereocenters. The van der Waals surface area contributed by atoms with Crippen LogP contribution in [0.3, 0.4) is 0 Å². The summed E-state index contributed by atoms with van der Waals surface area (Å²) in [6.07, 6.45) is 1.52. The van der Waals surface area contributed by atoms with E-state index >= 15 is 0 Å². The van der Waals surface area contributed by atoms with Crippen LogP contribution in [0.15, 0.2) is 18.2 Å². The van der Waals surface area contributed by atoms with Gasteiger partial charge in [0.25, 0.3) is 0 Å². The van der Waals surface area contributed by atoms with Crippen molar-refractivity contribution in [3.05, 3.63) is 33.7 Å². The first kappa shape index (κ1) is 11.6. The van der Waals surface area contributed by atoms with Crippen LogP contribution in [-0.2, 0) is 0 Å². The fourth-order valence-corrected chi connectivity index (χ4v) is 3.13. The minimum atomic E-state index is 0.248. The highest BCUT2D eigenvalue weighted by Crippen LogP contribution is 2.33. The highest BCUT2D eigenvalue weighted by molar-refractivity contribution is 7.21. The number of rotatable bonds is 3. The van der Waals surface area contributed by atoms with Crippen molar-refractivity contribution in [1.82, 2.24) is 0 Å². The van der Waals surface area contributed by atoms with Gasteiger partial charge in [0.1, 0.15) is 0 Å². The first-order valence-corrected chi connectivity index (χ1v) is 6.54. The fourth-order valence-electron chi connectivity index (χ4n) is 1.80. The van der Waals surface area contributed by atoms with E-state index in [4.69, 9.17) is 11.6 Å². The third-order valence-corrected chi connectivity index (χ3v) is 4.18. The second-order valence-electron chi connectivity index (χ2n) is 3.87. The highest BCUT2D eigenvalue weighted by atomic mass is 35.5. The number of Topliss-reactive ketones (excluding diaryl/α,β-unsaturated/α-hetero) is 1. The van der Waals surface area contributed by atoms with Gasteiger partial charge in [-0.15, -0.1) is 11.3 Å². The van der Waals surface area contributed by atoms with Crippen molar-refractivity contribution in [1.29, 1.82) is 0 Å². The van der Waals surface area contributed by atoms with Crippen molar-refractivity contribution < 1.29 is 4.79 Å². The predicted octanol–water partition coefficient (Wildman–Crippen LogP) is 4.85. The molecule has 0 aliphatic carbocycles. The Hall–Kier alpha value is -0.860. The van der Waals surface area contributed by atoms with Gasteiger partial charge in [-0.1, -0.05) is 18.5 Å². The maximum atomic E-state index is 11.9. The van der Waals surface area contributed by atoms with Crippen LogP contribution < -0.4 is 0 Å². The van der Waals surface area contributed by atoms with Crippen LogP contribution in [0.1, 0.15) is 35.0 Å². The summed E-state index contributed by atoms with van der Waals surface area (Å²) in [4.78, 5) is 12.8. The highest BCUT2D eigenvalue weighted by Gasteiger charge is 2.14. The van der Waals surface area contributed by atoms with E-state index in [9.17, 15) is 4.79 Å². The lowest BCUT2D eigenvalue weighted by Crippen LogP contribution is -1.96. The van der Waals surface area contributed by atoms with Gasteiger partial charge in [-0.05, 0) is 42.5 Å². The molecule has 0 saturated carbocycles. The second kappa shape index (κ2) is 4.56. The molecule has 2 aromatic rings. The van der Waals surface area contributed by atoms with Gasteiger partial charge in [-0.2, -0.15) is 0 Å². The Kier molecular flexibility index (Phi) is 3.31. The first-order valence-electron chi connectivity index (χ1n) is 5.35. The fraction of sp³-hybridized carbons (Fsp3) is 0.308. The predicted molar refractivity (Wildman–Crippen MR) is 70.8 cm³/mol. The van der Waals surface area contributed by atoms with Crippen molar-refractivity contribution in [2.24, 2.45) is 0 Å². The average Bonchev–Trinajstić information content (AvgIpc) is 2.57. The van der Waals surface area contributed by atoms with Crippen LogP contribution in [-0.4, -0.2) is 5.78 Å². The Bertz CT molecular complexity index is 542. The van der Waals surface area contributed by atoms with Gasteiger partial charge < -0.3 is 0 Å². The monoisotopic (exact) mass is 252 g/mol. The molecule has 84 valence electrons. The number of thiophene rings is 1. The zero-order valence-electron chi connectivity index (χ0n) is 9.34. The Balaban J connectivity index is 2.56. The number of halogens is 1. The maximum absolute atomic E-state index is 11.9. The zero-order valence-corrected chi connectivity index (χ0v) is 10.9. The molecular formula is C13H13ClOS. The molecule has 0 radical (unpaired) electrons. The van der Waals surface area contributed by atoms with Crippen molar-refractivity contribution in [2.75, 3.05) is 0 Å². The van der Waals surface area contributed by atoms with Crippen LogP contribution in [0, 0.1) is 6.92 Å². The molecule has 0 bridgehead atoms. The Morgan fingerprint density at radius 3 is 2.88 bits per heavy atom. The number of carbonyl (C=O) groups is 1. The van der Waals surface area contributed by atoms with E-state index in [1.165, 1.54) is 0 Å². The number of fused-ring (bicyclic) bond motifs is 1. The molecule has 1 aromatic carbocycles. The van der Waals surface area contributed by atoms with Gasteiger partial charge in [-0.3, -0.25) is 4.79 Å². The summed E-state index contributed by atoms with van der Waals surface area (Å²) in [5.41, 5.74) is 1.07. The molecule has 0 aliphatic heterocycles. The summed E-state index contributed by atoms with van der Waals surface area (Å²) in [6.45, 7) is 4.02. The molecule has 0 aliphatic rings. The Morgan fingerprint density at radius 1 is 1.44 bits per heavy atom. The van der Waals surface area contributed by atoms with E-state index < -0.39 is 0 Å². The van der Waals surface area contributed by atoms with Crippen LogP contribution in [0.5, 0.6) is 0 Å². The molecule has 3 heteroatoms. The molecule has 1 nitrogen and oxygen atoms in total. The summed E-state index contributed by atoms with van der Waals surface area (Å²) >= 11 is 7.53. The summed E-state index contributed by atoms with van der Waals surface area (Å²) in [6, 6.07) is 5.79. The first-order chi connectivity index (χ1) is 7.63. The molecule has 0 fully saturated rings. The average molecular weight is 253 g/mol. The minimum absolute atomic E-state index is 0.248. The van der Waals surface area contributed by atoms with Gasteiger partial charge in [0.05, 0.1) is 4.88 Å². The smallest absolute Gasteiger partial charge is 0.173 e. The Labute approximate surface area is 104 Å². The molecule has 0 N–H and O–H groups in total. The minimum Gasteiger partial charge on any atom is -0.293 e. The molecule has 0 amide bonds. The number of hydrogen-bond acceptors (Lipinski definition) is 2. The lowest BCUT2D eigenvalue weighted by atomic mass is 10.1. The zero-order chi connectivity index (χ0) is 11.7. The third kappa shape index (κ3) is 2.00. The summed E-state index contributed by atoms with van der Waals surface area (Å²) in [7, 11) is 0. The molecule has 16 heavy (non-hydrogen) atoms. The summed E-state index contributed by atoms with van der Waals surface area (Å²) < 4.78 is 1.14. The third-order valence-electron chi connectivity index (χ3n) is 2.63. The molecular weight excluding hydrogens is 240 g/mol. The van der Waals surface area contributed by atoms with Crippen LogP contribution >= 0.6 is 22.9 Å². The summed E-state index contributed by atoms with van der Waals surface area (Å²) in [5.74, 6) is 0.248. The lowest BCUT2D eigenvalue weighted by molar-refractivity contribution is 0.0985. The Morgan fingerprint density at radius 2 is 2.19 bits per heavy atom. The number of hydrogen-bond donors (Lipinski definition) is 0. The normalized spacial score (nSPS) is 10.9. The number of carbonyl (C=O) groups excluding carboxylic acids is 1.